The van der Waals surface area contributed by atoms with E-state index < -0.39 is 0 Å². The lowest BCUT2D eigenvalue weighted by Crippen LogP contribution is -2.35. The van der Waals surface area contributed by atoms with Crippen molar-refractivity contribution < 1.29 is 9.32 Å². The molecular formula is C26H24N6O3. The Balaban J connectivity index is 1.37. The minimum Gasteiger partial charge on any atom is -0.352 e. The van der Waals surface area contributed by atoms with Crippen molar-refractivity contribution in [2.24, 2.45) is 0 Å². The fourth-order valence-electron chi connectivity index (χ4n) is 4.88. The molecule has 9 nitrogen and oxygen atoms in total. The second-order valence-corrected chi connectivity index (χ2v) is 8.90. The molecule has 1 N–H and O–H groups in total. The van der Waals surface area contributed by atoms with Crippen LogP contribution in [0.25, 0.3) is 33.3 Å². The average molecular weight is 469 g/mol. The zero-order valence-corrected chi connectivity index (χ0v) is 19.1. The molecule has 6 rings (SSSR count). The van der Waals surface area contributed by atoms with E-state index in [0.717, 1.165) is 42.1 Å². The molecule has 9 heteroatoms. The normalized spacial score (nSPS) is 14.2. The number of para-hydroxylation sites is 1. The summed E-state index contributed by atoms with van der Waals surface area (Å²) in [5.41, 5.74) is 2.33. The predicted octanol–water partition coefficient (Wildman–Crippen LogP) is 3.51. The average Bonchev–Trinajstić information content (AvgIpc) is 3.62. The summed E-state index contributed by atoms with van der Waals surface area (Å²) in [6.07, 6.45) is 5.77. The molecule has 3 aromatic heterocycles. The highest BCUT2D eigenvalue weighted by atomic mass is 16.5. The number of fused-ring (bicyclic) bond motifs is 3. The van der Waals surface area contributed by atoms with E-state index in [4.69, 9.17) is 4.52 Å². The number of rotatable bonds is 6. The van der Waals surface area contributed by atoms with Crippen molar-refractivity contribution in [3.8, 4) is 11.4 Å². The maximum Gasteiger partial charge on any atom is 0.278 e. The van der Waals surface area contributed by atoms with Crippen molar-refractivity contribution in [1.29, 1.82) is 0 Å². The maximum atomic E-state index is 13.6. The van der Waals surface area contributed by atoms with E-state index >= 15 is 0 Å². The van der Waals surface area contributed by atoms with Gasteiger partial charge < -0.3 is 14.4 Å². The van der Waals surface area contributed by atoms with E-state index in [0.29, 0.717) is 22.7 Å². The van der Waals surface area contributed by atoms with Crippen molar-refractivity contribution in [2.75, 3.05) is 0 Å². The van der Waals surface area contributed by atoms with Gasteiger partial charge in [-0.25, -0.2) is 4.98 Å². The Morgan fingerprint density at radius 3 is 2.66 bits per heavy atom. The molecule has 1 aliphatic carbocycles. The molecule has 3 heterocycles. The summed E-state index contributed by atoms with van der Waals surface area (Å²) in [6.45, 7) is 0.136. The summed E-state index contributed by atoms with van der Waals surface area (Å²) in [6, 6.07) is 17.3. The zero-order valence-electron chi connectivity index (χ0n) is 19.1. The van der Waals surface area contributed by atoms with Gasteiger partial charge in [-0.2, -0.15) is 4.98 Å². The SMILES string of the molecule is O=C(Cn1c2ccccc2c2ncn(Cc3nc(-c4ccccc4)no3)c(=O)c21)NC1CCCC1. The number of aromatic nitrogens is 5. The van der Waals surface area contributed by atoms with E-state index in [1.54, 1.807) is 4.57 Å². The summed E-state index contributed by atoms with van der Waals surface area (Å²) >= 11 is 0. The monoisotopic (exact) mass is 468 g/mol. The highest BCUT2D eigenvalue weighted by Gasteiger charge is 2.21. The Kier molecular flexibility index (Phi) is 5.36. The third-order valence-electron chi connectivity index (χ3n) is 6.56. The fourth-order valence-corrected chi connectivity index (χ4v) is 4.88. The lowest BCUT2D eigenvalue weighted by Gasteiger charge is -2.13. The molecule has 1 saturated carbocycles. The number of amides is 1. The Bertz CT molecular complexity index is 1580. The van der Waals surface area contributed by atoms with Crippen LogP contribution in [0.1, 0.15) is 31.6 Å². The molecule has 0 saturated heterocycles. The topological polar surface area (TPSA) is 108 Å². The van der Waals surface area contributed by atoms with E-state index in [1.165, 1.54) is 10.9 Å². The summed E-state index contributed by atoms with van der Waals surface area (Å²) in [7, 11) is 0. The van der Waals surface area contributed by atoms with Gasteiger partial charge in [-0.05, 0) is 18.9 Å². The third kappa shape index (κ3) is 3.99. The highest BCUT2D eigenvalue weighted by molar-refractivity contribution is 6.06. The number of nitrogens with zero attached hydrogens (tertiary/aromatic N) is 5. The van der Waals surface area contributed by atoms with Gasteiger partial charge in [0.1, 0.15) is 24.1 Å². The number of nitrogens with one attached hydrogen (secondary N) is 1. The molecule has 2 aromatic carbocycles. The lowest BCUT2D eigenvalue weighted by atomic mass is 10.2. The molecule has 5 aromatic rings. The van der Waals surface area contributed by atoms with Crippen molar-refractivity contribution in [3.05, 3.63) is 77.2 Å². The van der Waals surface area contributed by atoms with Crippen LogP contribution >= 0.6 is 0 Å². The van der Waals surface area contributed by atoms with Gasteiger partial charge in [0, 0.05) is 17.0 Å². The van der Waals surface area contributed by atoms with Gasteiger partial charge in [-0.15, -0.1) is 0 Å². The van der Waals surface area contributed by atoms with Crippen LogP contribution in [0.4, 0.5) is 0 Å². The van der Waals surface area contributed by atoms with Gasteiger partial charge in [0.25, 0.3) is 5.56 Å². The maximum absolute atomic E-state index is 13.6. The fraction of sp³-hybridized carbons (Fsp3) is 0.269. The van der Waals surface area contributed by atoms with Crippen molar-refractivity contribution >= 4 is 27.8 Å². The van der Waals surface area contributed by atoms with E-state index in [2.05, 4.69) is 20.4 Å². The van der Waals surface area contributed by atoms with Crippen molar-refractivity contribution in [2.45, 2.75) is 44.8 Å². The molecule has 0 bridgehead atoms. The highest BCUT2D eigenvalue weighted by Crippen LogP contribution is 2.25. The van der Waals surface area contributed by atoms with Gasteiger partial charge in [0.15, 0.2) is 0 Å². The molecule has 1 amide bonds. The third-order valence-corrected chi connectivity index (χ3v) is 6.56. The first-order chi connectivity index (χ1) is 17.2. The smallest absolute Gasteiger partial charge is 0.278 e. The first kappa shape index (κ1) is 21.3. The summed E-state index contributed by atoms with van der Waals surface area (Å²) < 4.78 is 8.61. The molecule has 35 heavy (non-hydrogen) atoms. The first-order valence-electron chi connectivity index (χ1n) is 11.8. The molecule has 1 fully saturated rings. The second-order valence-electron chi connectivity index (χ2n) is 8.90. The predicted molar refractivity (Wildman–Crippen MR) is 131 cm³/mol. The molecule has 1 aliphatic rings. The van der Waals surface area contributed by atoms with E-state index in [-0.39, 0.29) is 30.6 Å². The van der Waals surface area contributed by atoms with Crippen LogP contribution in [0.3, 0.4) is 0 Å². The molecule has 0 radical (unpaired) electrons. The van der Waals surface area contributed by atoms with Crippen LogP contribution in [0.5, 0.6) is 0 Å². The van der Waals surface area contributed by atoms with Crippen LogP contribution in [0, 0.1) is 0 Å². The Morgan fingerprint density at radius 1 is 1.06 bits per heavy atom. The summed E-state index contributed by atoms with van der Waals surface area (Å²) in [4.78, 5) is 35.5. The lowest BCUT2D eigenvalue weighted by molar-refractivity contribution is -0.122. The van der Waals surface area contributed by atoms with E-state index in [9.17, 15) is 9.59 Å². The summed E-state index contributed by atoms with van der Waals surface area (Å²) in [5, 5.41) is 7.99. The number of carbonyl (C=O) groups is 1. The Labute approximate surface area is 200 Å². The van der Waals surface area contributed by atoms with E-state index in [1.807, 2.05) is 54.6 Å². The van der Waals surface area contributed by atoms with Crippen LogP contribution < -0.4 is 10.9 Å². The van der Waals surface area contributed by atoms with Gasteiger partial charge in [-0.3, -0.25) is 14.2 Å². The van der Waals surface area contributed by atoms with Gasteiger partial charge in [-0.1, -0.05) is 66.5 Å². The van der Waals surface area contributed by atoms with Gasteiger partial charge >= 0.3 is 0 Å². The van der Waals surface area contributed by atoms with Crippen LogP contribution in [0.2, 0.25) is 0 Å². The standard InChI is InChI=1S/C26H24N6O3/c33-21(28-18-10-4-5-11-18)14-32-20-13-7-6-12-19(20)23-24(32)26(34)31(16-27-23)15-22-29-25(30-35-22)17-8-2-1-3-9-17/h1-3,6-9,12-13,16,18H,4-5,10-11,14-15H2,(H,28,33). The van der Waals surface area contributed by atoms with Crippen LogP contribution in [-0.2, 0) is 17.9 Å². The zero-order chi connectivity index (χ0) is 23.8. The molecule has 0 spiro atoms. The van der Waals surface area contributed by atoms with Gasteiger partial charge in [0.2, 0.25) is 17.6 Å². The largest absolute Gasteiger partial charge is 0.352 e. The van der Waals surface area contributed by atoms with Crippen LogP contribution in [0.15, 0.2) is 70.2 Å². The Hall–Kier alpha value is -4.27. The molecule has 0 unspecified atom stereocenters. The minimum atomic E-state index is -0.265. The number of hydrogen-bond acceptors (Lipinski definition) is 6. The minimum absolute atomic E-state index is 0.0557. The van der Waals surface area contributed by atoms with Gasteiger partial charge in [0.05, 0.1) is 11.8 Å². The Morgan fingerprint density at radius 2 is 1.83 bits per heavy atom. The molecule has 176 valence electrons. The molecule has 0 atom stereocenters. The second kappa shape index (κ2) is 8.83. The quantitative estimate of drug-likeness (QED) is 0.409. The number of benzene rings is 2. The number of carbonyl (C=O) groups excluding carboxylic acids is 1. The number of hydrogen-bond donors (Lipinski definition) is 1. The molecule has 0 aliphatic heterocycles. The van der Waals surface area contributed by atoms with Crippen molar-refractivity contribution in [3.63, 3.8) is 0 Å². The first-order valence-corrected chi connectivity index (χ1v) is 11.8. The van der Waals surface area contributed by atoms with Crippen molar-refractivity contribution in [1.82, 2.24) is 29.6 Å². The van der Waals surface area contributed by atoms with Crippen LogP contribution in [-0.4, -0.2) is 36.2 Å². The summed E-state index contributed by atoms with van der Waals surface area (Å²) in [5.74, 6) is 0.660. The molecular weight excluding hydrogens is 444 g/mol.